The summed E-state index contributed by atoms with van der Waals surface area (Å²) in [7, 11) is 0. The first-order valence-corrected chi connectivity index (χ1v) is 5.53. The van der Waals surface area contributed by atoms with Crippen molar-refractivity contribution in [2.75, 3.05) is 0 Å². The monoisotopic (exact) mass is 265 g/mol. The molecule has 0 fully saturated rings. The van der Waals surface area contributed by atoms with E-state index in [0.29, 0.717) is 0 Å². The Kier molecular flexibility index (Phi) is 2.93. The van der Waals surface area contributed by atoms with Gasteiger partial charge in [0.15, 0.2) is 0 Å². The molecule has 1 aromatic carbocycles. The normalized spacial score (nSPS) is 12.7. The molecule has 1 aromatic heterocycles. The van der Waals surface area contributed by atoms with Crippen molar-refractivity contribution >= 4 is 15.9 Å². The smallest absolute Gasteiger partial charge is 0.124 e. The molecule has 1 atom stereocenters. The highest BCUT2D eigenvalue weighted by atomic mass is 79.9. The molecule has 2 aromatic rings. The van der Waals surface area contributed by atoms with E-state index in [1.54, 1.807) is 6.26 Å². The van der Waals surface area contributed by atoms with Crippen LogP contribution in [0.15, 0.2) is 45.5 Å². The third kappa shape index (κ3) is 2.13. The molecular weight excluding hydrogens is 254 g/mol. The largest absolute Gasteiger partial charge is 0.467 e. The average Bonchev–Trinajstić information content (AvgIpc) is 2.74. The first-order valence-electron chi connectivity index (χ1n) is 4.73. The molecule has 0 aliphatic rings. The van der Waals surface area contributed by atoms with Crippen LogP contribution >= 0.6 is 15.9 Å². The zero-order chi connectivity index (χ0) is 10.8. The van der Waals surface area contributed by atoms with Gasteiger partial charge in [0, 0.05) is 4.47 Å². The van der Waals surface area contributed by atoms with E-state index in [2.05, 4.69) is 15.9 Å². The van der Waals surface area contributed by atoms with E-state index in [0.717, 1.165) is 15.8 Å². The van der Waals surface area contributed by atoms with Crippen molar-refractivity contribution in [3.05, 3.63) is 58.0 Å². The number of nitrogens with two attached hydrogens (primary N) is 1. The standard InChI is InChI=1S/C12H12BrNO/c1-8-4-5-9(7-10(8)13)12(14)11-3-2-6-15-11/h2-7,12H,14H2,1H3. The van der Waals surface area contributed by atoms with Gasteiger partial charge in [-0.25, -0.2) is 0 Å². The quantitative estimate of drug-likeness (QED) is 0.904. The van der Waals surface area contributed by atoms with Crippen LogP contribution in [0.4, 0.5) is 0 Å². The SMILES string of the molecule is Cc1ccc(C(N)c2ccco2)cc1Br. The maximum absolute atomic E-state index is 6.07. The van der Waals surface area contributed by atoms with Gasteiger partial charge in [0.05, 0.1) is 12.3 Å². The highest BCUT2D eigenvalue weighted by Crippen LogP contribution is 2.24. The Hall–Kier alpha value is -1.06. The van der Waals surface area contributed by atoms with Crippen LogP contribution in [0.3, 0.4) is 0 Å². The fourth-order valence-electron chi connectivity index (χ4n) is 1.44. The number of aryl methyl sites for hydroxylation is 1. The maximum Gasteiger partial charge on any atom is 0.124 e. The van der Waals surface area contributed by atoms with Crippen molar-refractivity contribution in [3.8, 4) is 0 Å². The lowest BCUT2D eigenvalue weighted by molar-refractivity contribution is 0.490. The molecule has 0 saturated carbocycles. The minimum absolute atomic E-state index is 0.197. The molecule has 0 aliphatic carbocycles. The van der Waals surface area contributed by atoms with E-state index >= 15 is 0 Å². The molecule has 2 nitrogen and oxygen atoms in total. The molecule has 0 spiro atoms. The van der Waals surface area contributed by atoms with Gasteiger partial charge < -0.3 is 10.2 Å². The Morgan fingerprint density at radius 1 is 1.33 bits per heavy atom. The zero-order valence-corrected chi connectivity index (χ0v) is 9.99. The minimum atomic E-state index is -0.197. The number of benzene rings is 1. The van der Waals surface area contributed by atoms with Crippen molar-refractivity contribution in [1.82, 2.24) is 0 Å². The summed E-state index contributed by atoms with van der Waals surface area (Å²) >= 11 is 3.49. The molecule has 0 amide bonds. The lowest BCUT2D eigenvalue weighted by atomic mass is 10.0. The molecular formula is C12H12BrNO. The lowest BCUT2D eigenvalue weighted by Gasteiger charge is -2.10. The van der Waals surface area contributed by atoms with Crippen LogP contribution < -0.4 is 5.73 Å². The summed E-state index contributed by atoms with van der Waals surface area (Å²) in [5.41, 5.74) is 8.31. The van der Waals surface area contributed by atoms with Crippen LogP contribution in [0.1, 0.15) is 22.9 Å². The van der Waals surface area contributed by atoms with E-state index in [1.165, 1.54) is 5.56 Å². The van der Waals surface area contributed by atoms with Crippen LogP contribution in [0.5, 0.6) is 0 Å². The summed E-state index contributed by atoms with van der Waals surface area (Å²) < 4.78 is 6.35. The van der Waals surface area contributed by atoms with Crippen LogP contribution in [-0.4, -0.2) is 0 Å². The minimum Gasteiger partial charge on any atom is -0.467 e. The third-order valence-corrected chi connectivity index (χ3v) is 3.26. The van der Waals surface area contributed by atoms with Crippen molar-refractivity contribution in [2.24, 2.45) is 5.73 Å². The van der Waals surface area contributed by atoms with E-state index in [4.69, 9.17) is 10.2 Å². The lowest BCUT2D eigenvalue weighted by Crippen LogP contribution is -2.10. The van der Waals surface area contributed by atoms with Crippen molar-refractivity contribution in [2.45, 2.75) is 13.0 Å². The molecule has 0 radical (unpaired) electrons. The predicted molar refractivity (Wildman–Crippen MR) is 63.6 cm³/mol. The Morgan fingerprint density at radius 3 is 2.73 bits per heavy atom. The van der Waals surface area contributed by atoms with Crippen LogP contribution in [-0.2, 0) is 0 Å². The van der Waals surface area contributed by atoms with E-state index in [-0.39, 0.29) is 6.04 Å². The second-order valence-corrected chi connectivity index (χ2v) is 4.36. The first kappa shape index (κ1) is 10.5. The summed E-state index contributed by atoms with van der Waals surface area (Å²) in [6.45, 7) is 2.05. The summed E-state index contributed by atoms with van der Waals surface area (Å²) in [6.07, 6.45) is 1.64. The zero-order valence-electron chi connectivity index (χ0n) is 8.41. The Morgan fingerprint density at radius 2 is 2.13 bits per heavy atom. The fraction of sp³-hybridized carbons (Fsp3) is 0.167. The Labute approximate surface area is 97.2 Å². The van der Waals surface area contributed by atoms with Gasteiger partial charge in [-0.05, 0) is 36.2 Å². The van der Waals surface area contributed by atoms with Gasteiger partial charge in [-0.15, -0.1) is 0 Å². The molecule has 1 heterocycles. The van der Waals surface area contributed by atoms with Gasteiger partial charge in [-0.3, -0.25) is 0 Å². The number of furan rings is 1. The Bertz CT molecular complexity index is 451. The second-order valence-electron chi connectivity index (χ2n) is 3.50. The van der Waals surface area contributed by atoms with E-state index < -0.39 is 0 Å². The van der Waals surface area contributed by atoms with Crippen LogP contribution in [0.2, 0.25) is 0 Å². The average molecular weight is 266 g/mol. The van der Waals surface area contributed by atoms with Crippen LogP contribution in [0, 0.1) is 6.92 Å². The summed E-state index contributed by atoms with van der Waals surface area (Å²) in [6, 6.07) is 9.63. The number of hydrogen-bond acceptors (Lipinski definition) is 2. The summed E-state index contributed by atoms with van der Waals surface area (Å²) in [4.78, 5) is 0. The summed E-state index contributed by atoms with van der Waals surface area (Å²) in [5.74, 6) is 0.783. The second kappa shape index (κ2) is 4.21. The van der Waals surface area contributed by atoms with E-state index in [1.807, 2.05) is 37.3 Å². The van der Waals surface area contributed by atoms with Gasteiger partial charge >= 0.3 is 0 Å². The molecule has 2 N–H and O–H groups in total. The van der Waals surface area contributed by atoms with Crippen molar-refractivity contribution in [3.63, 3.8) is 0 Å². The molecule has 1 unspecified atom stereocenters. The van der Waals surface area contributed by atoms with E-state index in [9.17, 15) is 0 Å². The van der Waals surface area contributed by atoms with Gasteiger partial charge in [0.1, 0.15) is 5.76 Å². The molecule has 0 saturated heterocycles. The molecule has 3 heteroatoms. The van der Waals surface area contributed by atoms with Gasteiger partial charge in [0.2, 0.25) is 0 Å². The van der Waals surface area contributed by atoms with Crippen molar-refractivity contribution < 1.29 is 4.42 Å². The molecule has 0 aliphatic heterocycles. The number of hydrogen-bond donors (Lipinski definition) is 1. The maximum atomic E-state index is 6.07. The first-order chi connectivity index (χ1) is 7.18. The highest BCUT2D eigenvalue weighted by molar-refractivity contribution is 9.10. The van der Waals surface area contributed by atoms with Gasteiger partial charge in [-0.1, -0.05) is 28.1 Å². The summed E-state index contributed by atoms with van der Waals surface area (Å²) in [5, 5.41) is 0. The number of halogens is 1. The topological polar surface area (TPSA) is 39.2 Å². The van der Waals surface area contributed by atoms with Crippen molar-refractivity contribution in [1.29, 1.82) is 0 Å². The van der Waals surface area contributed by atoms with Gasteiger partial charge in [-0.2, -0.15) is 0 Å². The number of rotatable bonds is 2. The molecule has 2 rings (SSSR count). The molecule has 0 bridgehead atoms. The Balaban J connectivity index is 2.34. The molecule has 78 valence electrons. The van der Waals surface area contributed by atoms with Crippen LogP contribution in [0.25, 0.3) is 0 Å². The highest BCUT2D eigenvalue weighted by Gasteiger charge is 2.11. The molecule has 15 heavy (non-hydrogen) atoms. The predicted octanol–water partition coefficient (Wildman–Crippen LogP) is 3.40. The third-order valence-electron chi connectivity index (χ3n) is 2.40. The van der Waals surface area contributed by atoms with Gasteiger partial charge in [0.25, 0.3) is 0 Å². The fourth-order valence-corrected chi connectivity index (χ4v) is 1.83.